The molecule has 4 N–H and O–H groups in total. The Morgan fingerprint density at radius 3 is 2.49 bits per heavy atom. The number of fused-ring (bicyclic) bond motifs is 1. The monoisotopic (exact) mass is 538 g/mol. The maximum Gasteiger partial charge on any atom is 0.407 e. The summed E-state index contributed by atoms with van der Waals surface area (Å²) in [5, 5.41) is 12.8. The van der Waals surface area contributed by atoms with E-state index in [1.807, 2.05) is 0 Å². The lowest BCUT2D eigenvalue weighted by atomic mass is 10.1. The lowest BCUT2D eigenvalue weighted by Crippen LogP contribution is -2.42. The highest BCUT2D eigenvalue weighted by atomic mass is 16.5. The molecular formula is C25H30N8O6. The summed E-state index contributed by atoms with van der Waals surface area (Å²) in [5.41, 5.74) is 7.74. The molecule has 14 nitrogen and oxygen atoms in total. The van der Waals surface area contributed by atoms with Crippen molar-refractivity contribution < 1.29 is 28.9 Å². The quantitative estimate of drug-likeness (QED) is 0.383. The van der Waals surface area contributed by atoms with Crippen LogP contribution < -0.4 is 30.2 Å². The van der Waals surface area contributed by atoms with Gasteiger partial charge in [-0.3, -0.25) is 4.79 Å². The fraction of sp³-hybridized carbons (Fsp3) is 0.400. The molecule has 5 rings (SSSR count). The summed E-state index contributed by atoms with van der Waals surface area (Å²) in [6.07, 6.45) is 4.21. The maximum absolute atomic E-state index is 12.0. The summed E-state index contributed by atoms with van der Waals surface area (Å²) < 4.78 is 18.1. The molecule has 1 atom stereocenters. The topological polar surface area (TPSA) is 170 Å². The minimum atomic E-state index is -1.02. The van der Waals surface area contributed by atoms with Crippen LogP contribution in [0.4, 0.5) is 22.4 Å². The van der Waals surface area contributed by atoms with Crippen LogP contribution in [0.25, 0.3) is 5.69 Å². The molecule has 0 saturated carbocycles. The smallest absolute Gasteiger partial charge is 0.407 e. The lowest BCUT2D eigenvalue weighted by molar-refractivity contribution is -0.119. The number of hydrogen-bond acceptors (Lipinski definition) is 10. The van der Waals surface area contributed by atoms with Crippen LogP contribution in [0, 0.1) is 0 Å². The van der Waals surface area contributed by atoms with Gasteiger partial charge < -0.3 is 44.7 Å². The summed E-state index contributed by atoms with van der Waals surface area (Å²) in [4.78, 5) is 40.7. The van der Waals surface area contributed by atoms with Crippen molar-refractivity contribution in [2.45, 2.75) is 31.8 Å². The van der Waals surface area contributed by atoms with Gasteiger partial charge in [0.15, 0.2) is 11.5 Å². The largest absolute Gasteiger partial charge is 0.493 e. The summed E-state index contributed by atoms with van der Waals surface area (Å²) in [5.74, 6) is 2.38. The van der Waals surface area contributed by atoms with Crippen molar-refractivity contribution in [3.05, 3.63) is 35.9 Å². The summed E-state index contributed by atoms with van der Waals surface area (Å²) in [6.45, 7) is 1.00. The third-order valence-corrected chi connectivity index (χ3v) is 6.94. The fourth-order valence-corrected chi connectivity index (χ4v) is 4.98. The number of ether oxygens (including phenoxy) is 3. The Bertz CT molecular complexity index is 1380. The van der Waals surface area contributed by atoms with E-state index in [2.05, 4.69) is 15.3 Å². The number of nitrogens with one attached hydrogen (secondary N) is 1. The lowest BCUT2D eigenvalue weighted by Gasteiger charge is -2.29. The van der Waals surface area contributed by atoms with Crippen molar-refractivity contribution in [3.8, 4) is 22.9 Å². The third kappa shape index (κ3) is 4.92. The Morgan fingerprint density at radius 2 is 1.85 bits per heavy atom. The number of imidazole rings is 1. The standard InChI is InChI=1S/C25H30N8O6/c1-37-18-9-14(10-19(38-2)21(18)39-3)32-12-20(27-13-32)29-23-15-6-8-31(25(35)36)11-16(15)28-24(30-23)33-7-4-5-17(33)22(26)34/h9-10,12-13,17H,4-8,11H2,1-3H3,(H2,26,34)(H,35,36)(H,28,29,30). The number of primary amides is 1. The number of benzene rings is 1. The normalized spacial score (nSPS) is 16.5. The maximum atomic E-state index is 12.0. The molecule has 3 aromatic rings. The molecule has 4 heterocycles. The number of methoxy groups -OCH3 is 3. The van der Waals surface area contributed by atoms with Gasteiger partial charge in [-0.25, -0.2) is 14.8 Å². The number of amides is 2. The first-order valence-corrected chi connectivity index (χ1v) is 12.4. The number of carbonyl (C=O) groups excluding carboxylic acids is 1. The summed E-state index contributed by atoms with van der Waals surface area (Å²) in [6, 6.07) is 3.08. The predicted molar refractivity (Wildman–Crippen MR) is 140 cm³/mol. The Labute approximate surface area is 224 Å². The SMILES string of the molecule is COc1cc(-n2cnc(Nc3nc(N4CCCC4C(N)=O)nc4c3CCN(C(=O)O)C4)c2)cc(OC)c1OC. The van der Waals surface area contributed by atoms with Gasteiger partial charge in [-0.15, -0.1) is 0 Å². The molecule has 2 aliphatic rings. The first kappa shape index (κ1) is 25.9. The van der Waals surface area contributed by atoms with Crippen LogP contribution in [0.3, 0.4) is 0 Å². The minimum absolute atomic E-state index is 0.115. The van der Waals surface area contributed by atoms with Crippen molar-refractivity contribution in [1.82, 2.24) is 24.4 Å². The van der Waals surface area contributed by atoms with E-state index in [0.717, 1.165) is 17.7 Å². The van der Waals surface area contributed by atoms with E-state index >= 15 is 0 Å². The van der Waals surface area contributed by atoms with Crippen LogP contribution in [-0.2, 0) is 17.8 Å². The number of rotatable bonds is 8. The number of nitrogens with zero attached hydrogens (tertiary/aromatic N) is 6. The average Bonchev–Trinajstić information content (AvgIpc) is 3.62. The molecule has 1 saturated heterocycles. The molecule has 2 aromatic heterocycles. The van der Waals surface area contributed by atoms with Gasteiger partial charge in [0.2, 0.25) is 17.6 Å². The van der Waals surface area contributed by atoms with Gasteiger partial charge in [0.25, 0.3) is 0 Å². The van der Waals surface area contributed by atoms with Crippen LogP contribution >= 0.6 is 0 Å². The highest BCUT2D eigenvalue weighted by molar-refractivity contribution is 5.83. The molecule has 14 heteroatoms. The van der Waals surface area contributed by atoms with E-state index in [9.17, 15) is 14.7 Å². The molecule has 2 aliphatic heterocycles. The van der Waals surface area contributed by atoms with E-state index in [4.69, 9.17) is 24.9 Å². The summed E-state index contributed by atoms with van der Waals surface area (Å²) >= 11 is 0. The molecule has 39 heavy (non-hydrogen) atoms. The molecule has 1 aromatic carbocycles. The zero-order valence-corrected chi connectivity index (χ0v) is 21.9. The van der Waals surface area contributed by atoms with Gasteiger partial charge in [0, 0.05) is 30.8 Å². The van der Waals surface area contributed by atoms with Crippen LogP contribution in [0.5, 0.6) is 17.2 Å². The molecule has 1 fully saturated rings. The van der Waals surface area contributed by atoms with Crippen molar-refractivity contribution in [3.63, 3.8) is 0 Å². The molecule has 2 amide bonds. The van der Waals surface area contributed by atoms with Gasteiger partial charge in [0.1, 0.15) is 24.0 Å². The highest BCUT2D eigenvalue weighted by Gasteiger charge is 2.33. The molecule has 0 spiro atoms. The predicted octanol–water partition coefficient (Wildman–Crippen LogP) is 1.92. The van der Waals surface area contributed by atoms with E-state index in [0.29, 0.717) is 66.5 Å². The Balaban J connectivity index is 1.50. The number of nitrogens with two attached hydrogens (primary N) is 1. The first-order valence-electron chi connectivity index (χ1n) is 12.4. The number of hydrogen-bond donors (Lipinski definition) is 3. The fourth-order valence-electron chi connectivity index (χ4n) is 4.98. The second kappa shape index (κ2) is 10.6. The zero-order chi connectivity index (χ0) is 27.7. The number of anilines is 3. The molecule has 1 unspecified atom stereocenters. The van der Waals surface area contributed by atoms with Gasteiger partial charge in [-0.1, -0.05) is 0 Å². The third-order valence-electron chi connectivity index (χ3n) is 6.94. The average molecular weight is 539 g/mol. The van der Waals surface area contributed by atoms with Crippen LogP contribution in [-0.4, -0.2) is 82.0 Å². The molecule has 206 valence electrons. The van der Waals surface area contributed by atoms with Crippen molar-refractivity contribution in [2.24, 2.45) is 5.73 Å². The van der Waals surface area contributed by atoms with Crippen molar-refractivity contribution in [1.29, 1.82) is 0 Å². The Hall–Kier alpha value is -4.75. The van der Waals surface area contributed by atoms with Crippen LogP contribution in [0.15, 0.2) is 24.7 Å². The van der Waals surface area contributed by atoms with E-state index in [1.165, 1.54) is 4.90 Å². The van der Waals surface area contributed by atoms with Crippen molar-refractivity contribution >= 4 is 29.6 Å². The van der Waals surface area contributed by atoms with Gasteiger partial charge in [-0.2, -0.15) is 4.98 Å². The number of carbonyl (C=O) groups is 2. The zero-order valence-electron chi connectivity index (χ0n) is 21.9. The molecule has 0 bridgehead atoms. The van der Waals surface area contributed by atoms with Crippen LogP contribution in [0.2, 0.25) is 0 Å². The van der Waals surface area contributed by atoms with Gasteiger partial charge >= 0.3 is 6.09 Å². The van der Waals surface area contributed by atoms with Gasteiger partial charge in [0.05, 0.1) is 45.5 Å². The second-order valence-electron chi connectivity index (χ2n) is 9.18. The molecule has 0 aliphatic carbocycles. The van der Waals surface area contributed by atoms with Gasteiger partial charge in [-0.05, 0) is 19.3 Å². The second-order valence-corrected chi connectivity index (χ2v) is 9.18. The number of carboxylic acid groups (broad SMARTS) is 1. The Morgan fingerprint density at radius 1 is 1.10 bits per heavy atom. The van der Waals surface area contributed by atoms with Crippen molar-refractivity contribution in [2.75, 3.05) is 44.6 Å². The highest BCUT2D eigenvalue weighted by Crippen LogP contribution is 2.39. The Kier molecular flexibility index (Phi) is 7.00. The van der Waals surface area contributed by atoms with E-state index in [-0.39, 0.29) is 6.54 Å². The summed E-state index contributed by atoms with van der Waals surface area (Å²) in [7, 11) is 4.64. The van der Waals surface area contributed by atoms with E-state index < -0.39 is 18.0 Å². The minimum Gasteiger partial charge on any atom is -0.493 e. The van der Waals surface area contributed by atoms with Crippen LogP contribution in [0.1, 0.15) is 24.1 Å². The molecule has 0 radical (unpaired) electrons. The first-order chi connectivity index (χ1) is 18.8. The molecular weight excluding hydrogens is 508 g/mol. The van der Waals surface area contributed by atoms with E-state index in [1.54, 1.807) is 55.5 Å². The number of aromatic nitrogens is 4.